The highest BCUT2D eigenvalue weighted by Crippen LogP contribution is 2.21. The Morgan fingerprint density at radius 3 is 2.33 bits per heavy atom. The second kappa shape index (κ2) is 9.00. The number of nitrogens with one attached hydrogen (secondary N) is 1. The number of ether oxygens (including phenoxy) is 1. The lowest BCUT2D eigenvalue weighted by Gasteiger charge is -2.25. The molecule has 0 aliphatic carbocycles. The molecule has 0 rings (SSSR count). The molecule has 0 aliphatic heterocycles. The fraction of sp³-hybridized carbons (Fsp3) is 0.846. The molecule has 0 aliphatic rings. The molecular formula is C13H24BNO3. The van der Waals surface area contributed by atoms with Crippen molar-refractivity contribution in [3.05, 3.63) is 0 Å². The molecule has 0 aromatic heterocycles. The minimum Gasteiger partial charge on any atom is -0.462 e. The summed E-state index contributed by atoms with van der Waals surface area (Å²) in [6.45, 7) is 5.99. The first kappa shape index (κ1) is 17.0. The number of esters is 1. The highest BCUT2D eigenvalue weighted by Gasteiger charge is 2.21. The zero-order chi connectivity index (χ0) is 14.1. The molecule has 0 spiro atoms. The van der Waals surface area contributed by atoms with Crippen LogP contribution < -0.4 is 5.32 Å². The van der Waals surface area contributed by atoms with Gasteiger partial charge in [-0.05, 0) is 12.3 Å². The Labute approximate surface area is 111 Å². The third-order valence-electron chi connectivity index (χ3n) is 3.00. The first-order valence-corrected chi connectivity index (χ1v) is 6.56. The second-order valence-electron chi connectivity index (χ2n) is 4.80. The van der Waals surface area contributed by atoms with Crippen molar-refractivity contribution >= 4 is 19.7 Å². The Balaban J connectivity index is 4.22. The van der Waals surface area contributed by atoms with Gasteiger partial charge < -0.3 is 10.1 Å². The van der Waals surface area contributed by atoms with Gasteiger partial charge in [-0.25, -0.2) is 0 Å². The standard InChI is InChI=1S/C13H24BNO3/c1-5-9(2)11(8-10(3)14)18-13(17)7-6-12(16)15-4/h9-11H,5-8H2,1-4H3,(H,15,16)/t9-,10-,11-/m1/s1. The Bertz CT molecular complexity index is 269. The number of rotatable bonds is 8. The summed E-state index contributed by atoms with van der Waals surface area (Å²) in [5, 5.41) is 2.47. The Morgan fingerprint density at radius 1 is 1.28 bits per heavy atom. The van der Waals surface area contributed by atoms with E-state index in [0.29, 0.717) is 6.42 Å². The molecule has 0 fully saturated rings. The van der Waals surface area contributed by atoms with Gasteiger partial charge >= 0.3 is 5.97 Å². The van der Waals surface area contributed by atoms with E-state index in [9.17, 15) is 9.59 Å². The lowest BCUT2D eigenvalue weighted by atomic mass is 9.81. The quantitative estimate of drug-likeness (QED) is 0.530. The largest absolute Gasteiger partial charge is 0.462 e. The van der Waals surface area contributed by atoms with E-state index < -0.39 is 0 Å². The smallest absolute Gasteiger partial charge is 0.306 e. The highest BCUT2D eigenvalue weighted by atomic mass is 16.5. The predicted molar refractivity (Wildman–Crippen MR) is 72.4 cm³/mol. The zero-order valence-electron chi connectivity index (χ0n) is 11.9. The summed E-state index contributed by atoms with van der Waals surface area (Å²) in [4.78, 5) is 22.7. The van der Waals surface area contributed by atoms with Crippen molar-refractivity contribution in [3.63, 3.8) is 0 Å². The van der Waals surface area contributed by atoms with Gasteiger partial charge in [0.05, 0.1) is 14.3 Å². The fourth-order valence-corrected chi connectivity index (χ4v) is 1.59. The summed E-state index contributed by atoms with van der Waals surface area (Å²) >= 11 is 0. The van der Waals surface area contributed by atoms with Gasteiger partial charge in [0.25, 0.3) is 0 Å². The van der Waals surface area contributed by atoms with Crippen LogP contribution in [0.25, 0.3) is 0 Å². The van der Waals surface area contributed by atoms with E-state index in [1.165, 1.54) is 0 Å². The Hall–Kier alpha value is -0.995. The number of hydrogen-bond donors (Lipinski definition) is 1. The number of amides is 1. The van der Waals surface area contributed by atoms with E-state index in [-0.39, 0.29) is 42.6 Å². The van der Waals surface area contributed by atoms with Gasteiger partial charge in [0.1, 0.15) is 6.10 Å². The van der Waals surface area contributed by atoms with E-state index in [0.717, 1.165) is 6.42 Å². The van der Waals surface area contributed by atoms with Crippen LogP contribution >= 0.6 is 0 Å². The molecule has 2 radical (unpaired) electrons. The van der Waals surface area contributed by atoms with Crippen molar-refractivity contribution in [2.45, 2.75) is 58.4 Å². The summed E-state index contributed by atoms with van der Waals surface area (Å²) in [6, 6.07) is 0. The molecular weight excluding hydrogens is 229 g/mol. The third kappa shape index (κ3) is 7.35. The summed E-state index contributed by atoms with van der Waals surface area (Å²) < 4.78 is 5.41. The van der Waals surface area contributed by atoms with Gasteiger partial charge in [-0.1, -0.05) is 33.0 Å². The summed E-state index contributed by atoms with van der Waals surface area (Å²) in [6.07, 6.45) is 1.71. The SMILES string of the molecule is [B][C@H](C)C[C@@H](OC(=O)CCC(=O)NC)[C@H](C)CC. The van der Waals surface area contributed by atoms with Crippen LogP contribution in [-0.4, -0.2) is 32.9 Å². The topological polar surface area (TPSA) is 55.4 Å². The molecule has 0 aromatic carbocycles. The van der Waals surface area contributed by atoms with E-state index in [1.54, 1.807) is 7.05 Å². The Morgan fingerprint density at radius 2 is 1.89 bits per heavy atom. The van der Waals surface area contributed by atoms with Crippen LogP contribution in [0.15, 0.2) is 0 Å². The minimum atomic E-state index is -0.329. The molecule has 102 valence electrons. The molecule has 0 bridgehead atoms. The van der Waals surface area contributed by atoms with Crippen molar-refractivity contribution in [2.24, 2.45) is 5.92 Å². The molecule has 3 atom stereocenters. The van der Waals surface area contributed by atoms with E-state index in [1.807, 2.05) is 13.8 Å². The van der Waals surface area contributed by atoms with Crippen molar-refractivity contribution in [2.75, 3.05) is 7.05 Å². The van der Waals surface area contributed by atoms with Crippen LogP contribution in [0.1, 0.15) is 46.5 Å². The molecule has 18 heavy (non-hydrogen) atoms. The number of carbonyl (C=O) groups excluding carboxylic acids is 2. The molecule has 1 amide bonds. The summed E-state index contributed by atoms with van der Waals surface area (Å²) in [5.74, 6) is -0.209. The number of hydrogen-bond acceptors (Lipinski definition) is 3. The van der Waals surface area contributed by atoms with Crippen molar-refractivity contribution in [3.8, 4) is 0 Å². The third-order valence-corrected chi connectivity index (χ3v) is 3.00. The summed E-state index contributed by atoms with van der Waals surface area (Å²) in [5.41, 5.74) is 0. The summed E-state index contributed by atoms with van der Waals surface area (Å²) in [7, 11) is 7.30. The normalized spacial score (nSPS) is 15.6. The van der Waals surface area contributed by atoms with Crippen LogP contribution in [0, 0.1) is 5.92 Å². The van der Waals surface area contributed by atoms with Crippen molar-refractivity contribution in [1.29, 1.82) is 0 Å². The lowest BCUT2D eigenvalue weighted by molar-refractivity contribution is -0.153. The number of carbonyl (C=O) groups is 2. The van der Waals surface area contributed by atoms with Crippen molar-refractivity contribution in [1.82, 2.24) is 5.32 Å². The van der Waals surface area contributed by atoms with Crippen LogP contribution in [0.4, 0.5) is 0 Å². The molecule has 1 N–H and O–H groups in total. The maximum absolute atomic E-state index is 11.6. The van der Waals surface area contributed by atoms with E-state index in [4.69, 9.17) is 12.6 Å². The van der Waals surface area contributed by atoms with Crippen LogP contribution in [0.2, 0.25) is 5.82 Å². The Kier molecular flexibility index (Phi) is 8.51. The second-order valence-corrected chi connectivity index (χ2v) is 4.80. The molecule has 0 unspecified atom stereocenters. The highest BCUT2D eigenvalue weighted by molar-refractivity contribution is 6.11. The predicted octanol–water partition coefficient (Wildman–Crippen LogP) is 1.84. The average Bonchev–Trinajstić information content (AvgIpc) is 2.33. The van der Waals surface area contributed by atoms with Gasteiger partial charge in [0.2, 0.25) is 5.91 Å². The molecule has 0 saturated carbocycles. The van der Waals surface area contributed by atoms with Gasteiger partial charge in [0, 0.05) is 13.5 Å². The van der Waals surface area contributed by atoms with Gasteiger partial charge in [-0.15, -0.1) is 0 Å². The van der Waals surface area contributed by atoms with Gasteiger partial charge in [0.15, 0.2) is 0 Å². The monoisotopic (exact) mass is 253 g/mol. The molecule has 0 saturated heterocycles. The average molecular weight is 253 g/mol. The maximum Gasteiger partial charge on any atom is 0.306 e. The van der Waals surface area contributed by atoms with Gasteiger partial charge in [-0.2, -0.15) is 0 Å². The minimum absolute atomic E-state index is 0.00394. The van der Waals surface area contributed by atoms with E-state index >= 15 is 0 Å². The van der Waals surface area contributed by atoms with E-state index in [2.05, 4.69) is 12.2 Å². The molecule has 5 heteroatoms. The van der Waals surface area contributed by atoms with Crippen molar-refractivity contribution < 1.29 is 14.3 Å². The van der Waals surface area contributed by atoms with Crippen LogP contribution in [0.3, 0.4) is 0 Å². The first-order chi connectivity index (χ1) is 8.40. The first-order valence-electron chi connectivity index (χ1n) is 6.56. The molecule has 0 heterocycles. The van der Waals surface area contributed by atoms with Crippen LogP contribution in [-0.2, 0) is 14.3 Å². The zero-order valence-corrected chi connectivity index (χ0v) is 11.9. The fourth-order valence-electron chi connectivity index (χ4n) is 1.59. The lowest BCUT2D eigenvalue weighted by Crippen LogP contribution is -2.27. The van der Waals surface area contributed by atoms with Crippen LogP contribution in [0.5, 0.6) is 0 Å². The van der Waals surface area contributed by atoms with Gasteiger partial charge in [-0.3, -0.25) is 9.59 Å². The molecule has 4 nitrogen and oxygen atoms in total. The molecule has 0 aromatic rings. The maximum atomic E-state index is 11.6.